The lowest BCUT2D eigenvalue weighted by Crippen LogP contribution is -2.23. The van der Waals surface area contributed by atoms with Crippen molar-refractivity contribution in [3.05, 3.63) is 23.8 Å². The van der Waals surface area contributed by atoms with Crippen molar-refractivity contribution in [1.82, 2.24) is 0 Å². The van der Waals surface area contributed by atoms with Crippen molar-refractivity contribution in [2.24, 2.45) is 11.8 Å². The molecule has 6 heteroatoms. The number of rotatable bonds is 5. The van der Waals surface area contributed by atoms with E-state index in [1.54, 1.807) is 0 Å². The zero-order valence-electron chi connectivity index (χ0n) is 14.5. The van der Waals surface area contributed by atoms with E-state index in [2.05, 4.69) is 18.2 Å². The third-order valence-corrected chi connectivity index (χ3v) is 8.48. The van der Waals surface area contributed by atoms with Crippen LogP contribution in [0.3, 0.4) is 0 Å². The number of ether oxygens (including phenoxy) is 1. The van der Waals surface area contributed by atoms with Crippen LogP contribution >= 0.6 is 33.3 Å². The molecule has 0 amide bonds. The lowest BCUT2D eigenvalue weighted by Gasteiger charge is -2.26. The van der Waals surface area contributed by atoms with Crippen LogP contribution in [0.4, 0.5) is 0 Å². The quantitative estimate of drug-likeness (QED) is 0.493. The molecule has 1 heterocycles. The van der Waals surface area contributed by atoms with Crippen LogP contribution in [0, 0.1) is 11.8 Å². The van der Waals surface area contributed by atoms with Gasteiger partial charge >= 0.3 is 5.97 Å². The summed E-state index contributed by atoms with van der Waals surface area (Å²) in [6.45, 7) is 0. The number of carbonyl (C=O) groups is 2. The maximum absolute atomic E-state index is 11.7. The first-order valence-electron chi connectivity index (χ1n) is 8.86. The highest BCUT2D eigenvalue weighted by Gasteiger charge is 2.26. The highest BCUT2D eigenvalue weighted by molar-refractivity contribution is 8.76. The van der Waals surface area contributed by atoms with E-state index in [0.29, 0.717) is 12.3 Å². The van der Waals surface area contributed by atoms with Crippen molar-refractivity contribution < 1.29 is 14.3 Å². The number of hydrogen-bond donors (Lipinski definition) is 0. The van der Waals surface area contributed by atoms with E-state index >= 15 is 0 Å². The Bertz CT molecular complexity index is 624. The number of carbonyl (C=O) groups excluding carboxylic acids is 2. The van der Waals surface area contributed by atoms with Crippen LogP contribution in [0.15, 0.2) is 28.0 Å². The summed E-state index contributed by atoms with van der Waals surface area (Å²) in [4.78, 5) is 25.7. The Morgan fingerprint density at radius 2 is 2.04 bits per heavy atom. The van der Waals surface area contributed by atoms with Crippen LogP contribution in [0.25, 0.3) is 0 Å². The number of methoxy groups -OCH3 is 1. The SMILES string of the molecule is COC(=O)C1CCC(CSSc2ccc3c(c2)CCCC(=O)S3)CC1. The maximum Gasteiger partial charge on any atom is 0.308 e. The van der Waals surface area contributed by atoms with Gasteiger partial charge in [0.15, 0.2) is 5.12 Å². The van der Waals surface area contributed by atoms with Gasteiger partial charge in [0.2, 0.25) is 0 Å². The summed E-state index contributed by atoms with van der Waals surface area (Å²) in [5.74, 6) is 1.90. The van der Waals surface area contributed by atoms with Gasteiger partial charge in [-0.1, -0.05) is 33.3 Å². The fourth-order valence-electron chi connectivity index (χ4n) is 3.43. The summed E-state index contributed by atoms with van der Waals surface area (Å²) in [7, 11) is 5.23. The third-order valence-electron chi connectivity index (χ3n) is 4.92. The van der Waals surface area contributed by atoms with Crippen molar-refractivity contribution in [2.75, 3.05) is 12.9 Å². The molecule has 1 fully saturated rings. The second-order valence-corrected chi connectivity index (χ2v) is 10.2. The molecule has 3 rings (SSSR count). The van der Waals surface area contributed by atoms with Gasteiger partial charge in [0.05, 0.1) is 13.0 Å². The van der Waals surface area contributed by atoms with Crippen molar-refractivity contribution in [3.63, 3.8) is 0 Å². The van der Waals surface area contributed by atoms with Gasteiger partial charge in [-0.15, -0.1) is 0 Å². The summed E-state index contributed by atoms with van der Waals surface area (Å²) in [6.07, 6.45) is 6.82. The smallest absolute Gasteiger partial charge is 0.308 e. The Hall–Kier alpha value is -0.590. The second-order valence-electron chi connectivity index (χ2n) is 6.71. The van der Waals surface area contributed by atoms with Crippen LogP contribution in [-0.4, -0.2) is 23.9 Å². The molecule has 2 aliphatic rings. The predicted molar refractivity (Wildman–Crippen MR) is 106 cm³/mol. The normalized spacial score (nSPS) is 23.6. The van der Waals surface area contributed by atoms with Gasteiger partial charge in [-0.2, -0.15) is 0 Å². The zero-order valence-corrected chi connectivity index (χ0v) is 16.9. The van der Waals surface area contributed by atoms with Crippen molar-refractivity contribution >= 4 is 44.4 Å². The van der Waals surface area contributed by atoms with Crippen molar-refractivity contribution in [2.45, 2.75) is 54.7 Å². The predicted octanol–water partition coefficient (Wildman–Crippen LogP) is 5.36. The molecule has 1 aliphatic heterocycles. The molecule has 25 heavy (non-hydrogen) atoms. The Balaban J connectivity index is 1.45. The molecule has 0 unspecified atom stereocenters. The average molecular weight is 397 g/mol. The Morgan fingerprint density at radius 3 is 2.80 bits per heavy atom. The minimum absolute atomic E-state index is 0.0400. The fourth-order valence-corrected chi connectivity index (χ4v) is 6.89. The highest BCUT2D eigenvalue weighted by atomic mass is 33.1. The molecule has 1 saturated carbocycles. The lowest BCUT2D eigenvalue weighted by atomic mass is 9.83. The van der Waals surface area contributed by atoms with E-state index in [-0.39, 0.29) is 17.0 Å². The average Bonchev–Trinajstić information content (AvgIpc) is 2.82. The van der Waals surface area contributed by atoms with Gasteiger partial charge in [-0.25, -0.2) is 0 Å². The molecule has 0 aromatic heterocycles. The van der Waals surface area contributed by atoms with Crippen LogP contribution in [-0.2, 0) is 20.7 Å². The van der Waals surface area contributed by atoms with Crippen LogP contribution < -0.4 is 0 Å². The van der Waals surface area contributed by atoms with E-state index in [1.807, 2.05) is 21.6 Å². The maximum atomic E-state index is 11.7. The topological polar surface area (TPSA) is 43.4 Å². The van der Waals surface area contributed by atoms with E-state index in [1.165, 1.54) is 29.3 Å². The summed E-state index contributed by atoms with van der Waals surface area (Å²) < 4.78 is 4.85. The van der Waals surface area contributed by atoms with Crippen LogP contribution in [0.1, 0.15) is 44.1 Å². The molecular formula is C19H24O3S3. The number of esters is 1. The first-order chi connectivity index (χ1) is 12.2. The lowest BCUT2D eigenvalue weighted by molar-refractivity contribution is -0.146. The molecule has 0 radical (unpaired) electrons. The number of hydrogen-bond acceptors (Lipinski definition) is 6. The molecule has 3 nitrogen and oxygen atoms in total. The van der Waals surface area contributed by atoms with Gasteiger partial charge in [0, 0.05) is 22.0 Å². The highest BCUT2D eigenvalue weighted by Crippen LogP contribution is 2.40. The van der Waals surface area contributed by atoms with E-state index in [9.17, 15) is 9.59 Å². The number of thioether (sulfide) groups is 1. The fraction of sp³-hybridized carbons (Fsp3) is 0.579. The summed E-state index contributed by atoms with van der Waals surface area (Å²) in [5, 5.41) is 0.288. The Morgan fingerprint density at radius 1 is 1.24 bits per heavy atom. The summed E-state index contributed by atoms with van der Waals surface area (Å²) >= 11 is 1.40. The van der Waals surface area contributed by atoms with Gasteiger partial charge in [-0.05, 0) is 68.2 Å². The first kappa shape index (κ1) is 19.2. The van der Waals surface area contributed by atoms with Gasteiger partial charge in [0.25, 0.3) is 0 Å². The molecule has 0 spiro atoms. The number of benzene rings is 1. The molecular weight excluding hydrogens is 372 g/mol. The number of aryl methyl sites for hydroxylation is 1. The van der Waals surface area contributed by atoms with Gasteiger partial charge in [-0.3, -0.25) is 9.59 Å². The minimum Gasteiger partial charge on any atom is -0.469 e. The largest absolute Gasteiger partial charge is 0.469 e. The first-order valence-corrected chi connectivity index (χ1v) is 12.0. The number of fused-ring (bicyclic) bond motifs is 1. The van der Waals surface area contributed by atoms with Crippen LogP contribution in [0.2, 0.25) is 0 Å². The second kappa shape index (κ2) is 9.38. The minimum atomic E-state index is -0.0400. The standard InChI is InChI=1S/C19H24O3S3/c1-22-19(21)14-7-5-13(6-8-14)12-23-25-16-9-10-17-15(11-16)3-2-4-18(20)24-17/h9-11,13-14H,2-8,12H2,1H3. The van der Waals surface area contributed by atoms with E-state index in [4.69, 9.17) is 4.74 Å². The molecule has 1 aromatic carbocycles. The molecule has 136 valence electrons. The van der Waals surface area contributed by atoms with Gasteiger partial charge < -0.3 is 4.74 Å². The molecule has 1 aromatic rings. The van der Waals surface area contributed by atoms with E-state index < -0.39 is 0 Å². The Labute approximate surface area is 161 Å². The molecule has 1 aliphatic carbocycles. The third kappa shape index (κ3) is 5.44. The molecule has 0 saturated heterocycles. The summed E-state index contributed by atoms with van der Waals surface area (Å²) in [5.41, 5.74) is 1.32. The monoisotopic (exact) mass is 396 g/mol. The molecule has 0 N–H and O–H groups in total. The zero-order chi connectivity index (χ0) is 17.6. The van der Waals surface area contributed by atoms with E-state index in [0.717, 1.165) is 49.2 Å². The van der Waals surface area contributed by atoms with Gasteiger partial charge in [0.1, 0.15) is 0 Å². The Kier molecular flexibility index (Phi) is 7.19. The van der Waals surface area contributed by atoms with Crippen molar-refractivity contribution in [3.8, 4) is 0 Å². The van der Waals surface area contributed by atoms with Crippen LogP contribution in [0.5, 0.6) is 0 Å². The van der Waals surface area contributed by atoms with Crippen molar-refractivity contribution in [1.29, 1.82) is 0 Å². The molecule has 0 bridgehead atoms. The summed E-state index contributed by atoms with van der Waals surface area (Å²) in [6, 6.07) is 6.50. The molecule has 0 atom stereocenters.